The Morgan fingerprint density at radius 1 is 1.50 bits per heavy atom. The average Bonchev–Trinajstić information content (AvgIpc) is 2.56. The minimum atomic E-state index is -0.320. The van der Waals surface area contributed by atoms with Gasteiger partial charge < -0.3 is 5.32 Å². The normalized spacial score (nSPS) is 14.5. The van der Waals surface area contributed by atoms with Crippen molar-refractivity contribution >= 4 is 5.69 Å². The molecule has 0 aromatic carbocycles. The minimum Gasteiger partial charge on any atom is -0.314 e. The fourth-order valence-corrected chi connectivity index (χ4v) is 2.55. The quantitative estimate of drug-likeness (QED) is 0.623. The van der Waals surface area contributed by atoms with Gasteiger partial charge in [-0.05, 0) is 26.8 Å². The van der Waals surface area contributed by atoms with E-state index < -0.39 is 0 Å². The van der Waals surface area contributed by atoms with Gasteiger partial charge in [-0.3, -0.25) is 14.8 Å². The molecule has 1 heterocycles. The van der Waals surface area contributed by atoms with E-state index in [2.05, 4.69) is 17.3 Å². The lowest BCUT2D eigenvalue weighted by Gasteiger charge is -2.23. The molecule has 1 aromatic heterocycles. The second-order valence-electron chi connectivity index (χ2n) is 4.56. The van der Waals surface area contributed by atoms with Gasteiger partial charge in [0.2, 0.25) is 0 Å². The maximum atomic E-state index is 11.2. The topological polar surface area (TPSA) is 73.0 Å². The van der Waals surface area contributed by atoms with E-state index in [-0.39, 0.29) is 22.6 Å². The first-order valence-electron chi connectivity index (χ1n) is 6.35. The lowest BCUT2D eigenvalue weighted by atomic mass is 9.93. The summed E-state index contributed by atoms with van der Waals surface area (Å²) in [6.45, 7) is 8.68. The molecule has 6 heteroatoms. The van der Waals surface area contributed by atoms with Gasteiger partial charge in [0.15, 0.2) is 0 Å². The summed E-state index contributed by atoms with van der Waals surface area (Å²) < 4.78 is 1.65. The average molecular weight is 254 g/mol. The fraction of sp³-hybridized carbons (Fsp3) is 0.750. The smallest absolute Gasteiger partial charge is 0.313 e. The first-order chi connectivity index (χ1) is 8.43. The number of aromatic nitrogens is 2. The molecule has 1 N–H and O–H groups in total. The Kier molecular flexibility index (Phi) is 4.84. The predicted octanol–water partition coefficient (Wildman–Crippen LogP) is 2.13. The van der Waals surface area contributed by atoms with Crippen molar-refractivity contribution in [1.29, 1.82) is 0 Å². The number of nitro groups is 1. The van der Waals surface area contributed by atoms with Gasteiger partial charge in [-0.15, -0.1) is 0 Å². The highest BCUT2D eigenvalue weighted by Crippen LogP contribution is 2.33. The van der Waals surface area contributed by atoms with Gasteiger partial charge >= 0.3 is 5.69 Å². The molecule has 0 saturated carbocycles. The van der Waals surface area contributed by atoms with Crippen molar-refractivity contribution in [2.24, 2.45) is 7.05 Å². The Morgan fingerprint density at radius 2 is 2.11 bits per heavy atom. The molecule has 18 heavy (non-hydrogen) atoms. The molecule has 102 valence electrons. The summed E-state index contributed by atoms with van der Waals surface area (Å²) in [5.74, 6) is 0.0940. The van der Waals surface area contributed by atoms with E-state index in [1.165, 1.54) is 0 Å². The van der Waals surface area contributed by atoms with Crippen molar-refractivity contribution in [3.63, 3.8) is 0 Å². The Hall–Kier alpha value is -1.43. The zero-order valence-corrected chi connectivity index (χ0v) is 11.7. The van der Waals surface area contributed by atoms with E-state index in [9.17, 15) is 10.1 Å². The van der Waals surface area contributed by atoms with Gasteiger partial charge in [0, 0.05) is 19.0 Å². The molecule has 0 amide bonds. The SMILES string of the molecule is CCNC(C)C(CC)c1c([N+](=O)[O-])c(C)nn1C. The fourth-order valence-electron chi connectivity index (χ4n) is 2.55. The van der Waals surface area contributed by atoms with Crippen LogP contribution >= 0.6 is 0 Å². The van der Waals surface area contributed by atoms with E-state index in [0.717, 1.165) is 13.0 Å². The lowest BCUT2D eigenvalue weighted by molar-refractivity contribution is -0.386. The van der Waals surface area contributed by atoms with Crippen LogP contribution < -0.4 is 5.32 Å². The number of hydrogen-bond donors (Lipinski definition) is 1. The molecule has 0 bridgehead atoms. The van der Waals surface area contributed by atoms with Crippen molar-refractivity contribution in [2.75, 3.05) is 6.54 Å². The third kappa shape index (κ3) is 2.69. The zero-order valence-electron chi connectivity index (χ0n) is 11.7. The van der Waals surface area contributed by atoms with Crippen molar-refractivity contribution < 1.29 is 4.92 Å². The van der Waals surface area contributed by atoms with E-state index in [1.807, 2.05) is 13.8 Å². The Morgan fingerprint density at radius 3 is 2.56 bits per heavy atom. The van der Waals surface area contributed by atoms with Crippen LogP contribution in [0.25, 0.3) is 0 Å². The van der Waals surface area contributed by atoms with Crippen LogP contribution in [0.15, 0.2) is 0 Å². The summed E-state index contributed by atoms with van der Waals surface area (Å²) >= 11 is 0. The molecule has 0 fully saturated rings. The van der Waals surface area contributed by atoms with Crippen LogP contribution in [0.1, 0.15) is 44.5 Å². The first-order valence-corrected chi connectivity index (χ1v) is 6.35. The van der Waals surface area contributed by atoms with Crippen LogP contribution in [0.3, 0.4) is 0 Å². The molecule has 0 spiro atoms. The van der Waals surface area contributed by atoms with Crippen molar-refractivity contribution in [3.05, 3.63) is 21.5 Å². The standard InChI is InChI=1S/C12H22N4O2/c1-6-10(8(3)13-7-2)12-11(16(17)18)9(4)14-15(12)5/h8,10,13H,6-7H2,1-5H3. The largest absolute Gasteiger partial charge is 0.314 e. The van der Waals surface area contributed by atoms with Crippen LogP contribution in [0.2, 0.25) is 0 Å². The number of likely N-dealkylation sites (N-methyl/N-ethyl adjacent to an activating group) is 1. The van der Waals surface area contributed by atoms with Gasteiger partial charge in [0.1, 0.15) is 11.4 Å². The summed E-state index contributed by atoms with van der Waals surface area (Å²) in [5.41, 5.74) is 1.36. The molecule has 0 saturated heterocycles. The summed E-state index contributed by atoms with van der Waals surface area (Å²) in [4.78, 5) is 10.9. The van der Waals surface area contributed by atoms with Gasteiger partial charge in [-0.2, -0.15) is 5.10 Å². The molecular weight excluding hydrogens is 232 g/mol. The Labute approximate surface area is 108 Å². The molecule has 2 unspecified atom stereocenters. The molecule has 0 aliphatic rings. The minimum absolute atomic E-state index is 0.0940. The molecule has 6 nitrogen and oxygen atoms in total. The molecule has 0 radical (unpaired) electrons. The van der Waals surface area contributed by atoms with Gasteiger partial charge in [0.25, 0.3) is 0 Å². The summed E-state index contributed by atoms with van der Waals surface area (Å²) in [5, 5.41) is 18.7. The monoisotopic (exact) mass is 254 g/mol. The molecule has 2 atom stereocenters. The summed E-state index contributed by atoms with van der Waals surface area (Å²) in [6, 6.07) is 0.188. The van der Waals surface area contributed by atoms with E-state index in [4.69, 9.17) is 0 Å². The van der Waals surface area contributed by atoms with Crippen molar-refractivity contribution in [1.82, 2.24) is 15.1 Å². The lowest BCUT2D eigenvalue weighted by Crippen LogP contribution is -2.33. The van der Waals surface area contributed by atoms with Crippen LogP contribution in [0.4, 0.5) is 5.69 Å². The zero-order chi connectivity index (χ0) is 13.9. The molecular formula is C12H22N4O2. The molecule has 1 rings (SSSR count). The molecule has 1 aromatic rings. The van der Waals surface area contributed by atoms with Crippen molar-refractivity contribution in [2.45, 2.75) is 46.1 Å². The van der Waals surface area contributed by atoms with Crippen LogP contribution in [0, 0.1) is 17.0 Å². The van der Waals surface area contributed by atoms with Crippen LogP contribution in [0.5, 0.6) is 0 Å². The van der Waals surface area contributed by atoms with E-state index >= 15 is 0 Å². The summed E-state index contributed by atoms with van der Waals surface area (Å²) in [6.07, 6.45) is 0.841. The molecule has 0 aliphatic heterocycles. The number of hydrogen-bond acceptors (Lipinski definition) is 4. The number of nitrogens with zero attached hydrogens (tertiary/aromatic N) is 3. The maximum absolute atomic E-state index is 11.2. The number of aryl methyl sites for hydroxylation is 2. The Bertz CT molecular complexity index is 428. The van der Waals surface area contributed by atoms with Gasteiger partial charge in [-0.25, -0.2) is 0 Å². The van der Waals surface area contributed by atoms with Crippen LogP contribution in [-0.4, -0.2) is 27.3 Å². The van der Waals surface area contributed by atoms with Crippen LogP contribution in [-0.2, 0) is 7.05 Å². The third-order valence-corrected chi connectivity index (χ3v) is 3.34. The van der Waals surface area contributed by atoms with E-state index in [1.54, 1.807) is 18.7 Å². The number of rotatable bonds is 6. The third-order valence-electron chi connectivity index (χ3n) is 3.34. The van der Waals surface area contributed by atoms with Gasteiger partial charge in [-0.1, -0.05) is 13.8 Å². The van der Waals surface area contributed by atoms with Gasteiger partial charge in [0.05, 0.1) is 4.92 Å². The highest BCUT2D eigenvalue weighted by Gasteiger charge is 2.31. The second kappa shape index (κ2) is 5.95. The molecule has 0 aliphatic carbocycles. The predicted molar refractivity (Wildman–Crippen MR) is 70.8 cm³/mol. The highest BCUT2D eigenvalue weighted by atomic mass is 16.6. The van der Waals surface area contributed by atoms with Crippen molar-refractivity contribution in [3.8, 4) is 0 Å². The Balaban J connectivity index is 3.24. The second-order valence-corrected chi connectivity index (χ2v) is 4.56. The summed E-state index contributed by atoms with van der Waals surface area (Å²) in [7, 11) is 1.77. The highest BCUT2D eigenvalue weighted by molar-refractivity contribution is 5.43. The number of nitrogens with one attached hydrogen (secondary N) is 1. The first kappa shape index (κ1) is 14.6. The van der Waals surface area contributed by atoms with E-state index in [0.29, 0.717) is 11.4 Å². The maximum Gasteiger partial charge on any atom is 0.313 e.